The highest BCUT2D eigenvalue weighted by atomic mass is 35.5. The molecule has 3 aromatic rings. The SMILES string of the molecule is COc1ccc(CCN2COc3c(cc4c(c3C)O/C(=C\c3ccc(Cl)c(Cl)c3)C4=O)C2)cc1OC. The van der Waals surface area contributed by atoms with E-state index in [-0.39, 0.29) is 11.5 Å². The fourth-order valence-corrected chi connectivity index (χ4v) is 4.82. The van der Waals surface area contributed by atoms with Crippen LogP contribution in [0.1, 0.15) is 32.6 Å². The number of Topliss-reactive ketones (excluding diaryl/α,β-unsaturated/α-hetero) is 1. The van der Waals surface area contributed by atoms with Crippen LogP contribution in [0, 0.1) is 6.92 Å². The molecule has 2 aliphatic heterocycles. The molecule has 0 amide bonds. The number of benzene rings is 3. The van der Waals surface area contributed by atoms with E-state index in [1.54, 1.807) is 38.5 Å². The summed E-state index contributed by atoms with van der Waals surface area (Å²) in [6.45, 7) is 3.85. The van der Waals surface area contributed by atoms with Gasteiger partial charge in [0, 0.05) is 24.2 Å². The first kappa shape index (κ1) is 24.5. The smallest absolute Gasteiger partial charge is 0.231 e. The quantitative estimate of drug-likeness (QED) is 0.350. The highest BCUT2D eigenvalue weighted by Gasteiger charge is 2.33. The van der Waals surface area contributed by atoms with E-state index < -0.39 is 0 Å². The highest BCUT2D eigenvalue weighted by molar-refractivity contribution is 6.42. The second kappa shape index (κ2) is 10.1. The minimum absolute atomic E-state index is 0.163. The molecule has 5 rings (SSSR count). The monoisotopic (exact) mass is 525 g/mol. The van der Waals surface area contributed by atoms with Crippen molar-refractivity contribution in [3.63, 3.8) is 0 Å². The largest absolute Gasteiger partial charge is 0.493 e. The minimum Gasteiger partial charge on any atom is -0.493 e. The van der Waals surface area contributed by atoms with Gasteiger partial charge in [-0.05, 0) is 60.9 Å². The summed E-state index contributed by atoms with van der Waals surface area (Å²) in [6, 6.07) is 13.0. The van der Waals surface area contributed by atoms with E-state index in [0.29, 0.717) is 46.1 Å². The van der Waals surface area contributed by atoms with E-state index in [1.165, 1.54) is 0 Å². The molecule has 0 unspecified atom stereocenters. The molecule has 0 aromatic heterocycles. The van der Waals surface area contributed by atoms with Gasteiger partial charge in [-0.1, -0.05) is 35.3 Å². The predicted octanol–water partition coefficient (Wildman–Crippen LogP) is 6.33. The van der Waals surface area contributed by atoms with Crippen molar-refractivity contribution in [2.45, 2.75) is 19.9 Å². The third-order valence-corrected chi connectivity index (χ3v) is 7.15. The third kappa shape index (κ3) is 4.64. The molecule has 0 fully saturated rings. The molecule has 0 aliphatic carbocycles. The van der Waals surface area contributed by atoms with E-state index in [9.17, 15) is 4.79 Å². The molecule has 2 heterocycles. The average molecular weight is 526 g/mol. The summed E-state index contributed by atoms with van der Waals surface area (Å²) in [5.74, 6) is 2.83. The van der Waals surface area contributed by atoms with Gasteiger partial charge in [0.1, 0.15) is 18.2 Å². The fraction of sp³-hybridized carbons (Fsp3) is 0.250. The molecule has 8 heteroatoms. The van der Waals surface area contributed by atoms with Gasteiger partial charge in [-0.3, -0.25) is 9.69 Å². The molecule has 6 nitrogen and oxygen atoms in total. The number of carbonyl (C=O) groups excluding carboxylic acids is 1. The molecule has 0 bridgehead atoms. The van der Waals surface area contributed by atoms with Crippen LogP contribution in [-0.4, -0.2) is 38.2 Å². The lowest BCUT2D eigenvalue weighted by Crippen LogP contribution is -2.34. The van der Waals surface area contributed by atoms with Crippen LogP contribution in [0.2, 0.25) is 10.0 Å². The number of allylic oxidation sites excluding steroid dienone is 1. The third-order valence-electron chi connectivity index (χ3n) is 6.41. The molecule has 0 saturated heterocycles. The van der Waals surface area contributed by atoms with Crippen molar-refractivity contribution in [3.05, 3.63) is 86.1 Å². The Bertz CT molecular complexity index is 1380. The van der Waals surface area contributed by atoms with Crippen LogP contribution in [0.5, 0.6) is 23.0 Å². The molecule has 186 valence electrons. The number of ketones is 1. The zero-order chi connectivity index (χ0) is 25.4. The summed E-state index contributed by atoms with van der Waals surface area (Å²) < 4.78 is 22.8. The molecule has 0 radical (unpaired) electrons. The summed E-state index contributed by atoms with van der Waals surface area (Å²) >= 11 is 12.1. The van der Waals surface area contributed by atoms with Gasteiger partial charge in [-0.25, -0.2) is 0 Å². The first-order chi connectivity index (χ1) is 17.4. The van der Waals surface area contributed by atoms with Crippen molar-refractivity contribution >= 4 is 35.1 Å². The first-order valence-corrected chi connectivity index (χ1v) is 12.3. The molecule has 2 aliphatic rings. The lowest BCUT2D eigenvalue weighted by Gasteiger charge is -2.30. The summed E-state index contributed by atoms with van der Waals surface area (Å²) in [4.78, 5) is 15.4. The molecule has 0 N–H and O–H groups in total. The number of methoxy groups -OCH3 is 2. The molecular formula is C28H25Cl2NO5. The van der Waals surface area contributed by atoms with E-state index in [2.05, 4.69) is 4.90 Å². The van der Waals surface area contributed by atoms with Crippen LogP contribution < -0.4 is 18.9 Å². The second-order valence-electron chi connectivity index (χ2n) is 8.75. The fourth-order valence-electron chi connectivity index (χ4n) is 4.52. The van der Waals surface area contributed by atoms with Crippen molar-refractivity contribution < 1.29 is 23.7 Å². The van der Waals surface area contributed by atoms with Gasteiger partial charge >= 0.3 is 0 Å². The molecule has 36 heavy (non-hydrogen) atoms. The summed E-state index contributed by atoms with van der Waals surface area (Å²) in [5, 5.41) is 0.874. The Morgan fingerprint density at radius 3 is 2.56 bits per heavy atom. The van der Waals surface area contributed by atoms with Crippen molar-refractivity contribution in [1.82, 2.24) is 4.90 Å². The topological polar surface area (TPSA) is 57.2 Å². The van der Waals surface area contributed by atoms with Crippen LogP contribution in [0.3, 0.4) is 0 Å². The Morgan fingerprint density at radius 1 is 1.00 bits per heavy atom. The molecule has 0 atom stereocenters. The number of rotatable bonds is 6. The van der Waals surface area contributed by atoms with E-state index >= 15 is 0 Å². The van der Waals surface area contributed by atoms with Crippen molar-refractivity contribution in [2.75, 3.05) is 27.5 Å². The lowest BCUT2D eigenvalue weighted by molar-refractivity contribution is 0.0953. The number of carbonyl (C=O) groups is 1. The maximum Gasteiger partial charge on any atom is 0.231 e. The second-order valence-corrected chi connectivity index (χ2v) is 9.56. The normalized spacial score (nSPS) is 15.8. The number of hydrogen-bond donors (Lipinski definition) is 0. The minimum atomic E-state index is -0.163. The predicted molar refractivity (Wildman–Crippen MR) is 140 cm³/mol. The lowest BCUT2D eigenvalue weighted by atomic mass is 10.00. The number of halogens is 2. The Labute approximate surface area is 219 Å². The molecular weight excluding hydrogens is 501 g/mol. The first-order valence-electron chi connectivity index (χ1n) is 11.5. The Kier molecular flexibility index (Phi) is 6.84. The maximum atomic E-state index is 13.2. The summed E-state index contributed by atoms with van der Waals surface area (Å²) in [6.07, 6.45) is 2.50. The summed E-state index contributed by atoms with van der Waals surface area (Å²) in [7, 11) is 3.26. The average Bonchev–Trinajstić information content (AvgIpc) is 3.19. The van der Waals surface area contributed by atoms with Gasteiger partial charge in [-0.2, -0.15) is 0 Å². The van der Waals surface area contributed by atoms with E-state index in [1.807, 2.05) is 31.2 Å². The Morgan fingerprint density at radius 2 is 1.81 bits per heavy atom. The Hall–Kier alpha value is -3.19. The highest BCUT2D eigenvalue weighted by Crippen LogP contribution is 2.43. The van der Waals surface area contributed by atoms with Crippen molar-refractivity contribution in [1.29, 1.82) is 0 Å². The maximum absolute atomic E-state index is 13.2. The zero-order valence-electron chi connectivity index (χ0n) is 20.2. The van der Waals surface area contributed by atoms with Gasteiger partial charge < -0.3 is 18.9 Å². The van der Waals surface area contributed by atoms with Gasteiger partial charge in [0.05, 0.1) is 29.8 Å². The van der Waals surface area contributed by atoms with Gasteiger partial charge in [0.15, 0.2) is 17.3 Å². The van der Waals surface area contributed by atoms with Crippen LogP contribution >= 0.6 is 23.2 Å². The number of hydrogen-bond acceptors (Lipinski definition) is 6. The summed E-state index contributed by atoms with van der Waals surface area (Å²) in [5.41, 5.74) is 4.22. The Balaban J connectivity index is 1.33. The van der Waals surface area contributed by atoms with Crippen molar-refractivity contribution in [2.24, 2.45) is 0 Å². The van der Waals surface area contributed by atoms with E-state index in [4.69, 9.17) is 42.1 Å². The van der Waals surface area contributed by atoms with Gasteiger partial charge in [-0.15, -0.1) is 0 Å². The van der Waals surface area contributed by atoms with Crippen molar-refractivity contribution in [3.8, 4) is 23.0 Å². The van der Waals surface area contributed by atoms with Crippen LogP contribution in [0.15, 0.2) is 48.2 Å². The number of ether oxygens (including phenoxy) is 4. The molecule has 3 aromatic carbocycles. The van der Waals surface area contributed by atoms with Gasteiger partial charge in [0.2, 0.25) is 5.78 Å². The number of fused-ring (bicyclic) bond motifs is 2. The van der Waals surface area contributed by atoms with Gasteiger partial charge in [0.25, 0.3) is 0 Å². The van der Waals surface area contributed by atoms with Crippen LogP contribution in [0.25, 0.3) is 6.08 Å². The zero-order valence-corrected chi connectivity index (χ0v) is 21.7. The van der Waals surface area contributed by atoms with Crippen LogP contribution in [0.4, 0.5) is 0 Å². The molecule has 0 saturated carbocycles. The standard InChI is InChI=1S/C28H25Cl2NO5/c1-16-27-19(14-31(15-35-27)9-8-17-5-7-23(33-2)24(11-17)34-3)13-20-26(32)25(36-28(16)20)12-18-4-6-21(29)22(30)10-18/h4-7,10-13H,8-9,14-15H2,1-3H3/b25-12-. The van der Waals surface area contributed by atoms with Crippen LogP contribution in [-0.2, 0) is 13.0 Å². The molecule has 0 spiro atoms. The van der Waals surface area contributed by atoms with E-state index in [0.717, 1.165) is 41.0 Å². The number of nitrogens with zero attached hydrogens (tertiary/aromatic N) is 1.